The predicted octanol–water partition coefficient (Wildman–Crippen LogP) is -0.150. The molecule has 1 N–H and O–H groups in total. The molecule has 2 rings (SSSR count). The van der Waals surface area contributed by atoms with Gasteiger partial charge in [-0.05, 0) is 12.5 Å². The number of rotatable bonds is 1. The summed E-state index contributed by atoms with van der Waals surface area (Å²) in [5, 5.41) is 2.79. The maximum Gasteiger partial charge on any atom is 0.309 e. The summed E-state index contributed by atoms with van der Waals surface area (Å²) in [6.45, 7) is 0. The molecule has 0 aromatic carbocycles. The molecule has 3 atom stereocenters. The van der Waals surface area contributed by atoms with Crippen LogP contribution in [0.25, 0.3) is 0 Å². The first-order valence-corrected chi connectivity index (χ1v) is 4.29. The maximum atomic E-state index is 11.2. The zero-order valence-corrected chi connectivity index (χ0v) is 7.32. The zero-order valence-electron chi connectivity index (χ0n) is 7.32. The zero-order chi connectivity index (χ0) is 9.42. The molecule has 1 aliphatic heterocycles. The first-order valence-electron chi connectivity index (χ1n) is 4.29. The van der Waals surface area contributed by atoms with Crippen molar-refractivity contribution in [1.29, 1.82) is 0 Å². The molecule has 4 nitrogen and oxygen atoms in total. The van der Waals surface area contributed by atoms with Crippen LogP contribution in [0.3, 0.4) is 0 Å². The quantitative estimate of drug-likeness (QED) is 0.572. The minimum Gasteiger partial charge on any atom is -0.469 e. The Balaban J connectivity index is 2.05. The lowest BCUT2D eigenvalue weighted by Gasteiger charge is -2.43. The van der Waals surface area contributed by atoms with Crippen LogP contribution in [0.5, 0.6) is 0 Å². The van der Waals surface area contributed by atoms with Gasteiger partial charge in [0.15, 0.2) is 0 Å². The molecule has 1 amide bonds. The van der Waals surface area contributed by atoms with E-state index in [1.165, 1.54) is 13.2 Å². The lowest BCUT2D eigenvalue weighted by atomic mass is 9.68. The number of hydrogen-bond donors (Lipinski definition) is 1. The fourth-order valence-electron chi connectivity index (χ4n) is 1.93. The van der Waals surface area contributed by atoms with Crippen molar-refractivity contribution in [2.75, 3.05) is 7.11 Å². The first-order chi connectivity index (χ1) is 6.22. The molecule has 0 bridgehead atoms. The van der Waals surface area contributed by atoms with Crippen LogP contribution in [0.2, 0.25) is 0 Å². The fraction of sp³-hybridized carbons (Fsp3) is 0.556. The summed E-state index contributed by atoms with van der Waals surface area (Å²) >= 11 is 0. The highest BCUT2D eigenvalue weighted by atomic mass is 16.5. The molecule has 1 saturated carbocycles. The van der Waals surface area contributed by atoms with Crippen LogP contribution in [0, 0.1) is 11.8 Å². The maximum absolute atomic E-state index is 11.2. The van der Waals surface area contributed by atoms with Gasteiger partial charge in [-0.1, -0.05) is 6.08 Å². The summed E-state index contributed by atoms with van der Waals surface area (Å²) < 4.78 is 4.64. The van der Waals surface area contributed by atoms with Crippen LogP contribution in [-0.2, 0) is 14.3 Å². The second-order valence-electron chi connectivity index (χ2n) is 3.42. The second-order valence-corrected chi connectivity index (χ2v) is 3.42. The summed E-state index contributed by atoms with van der Waals surface area (Å²) in [4.78, 5) is 22.0. The Morgan fingerprint density at radius 1 is 1.69 bits per heavy atom. The van der Waals surface area contributed by atoms with Crippen molar-refractivity contribution in [3.8, 4) is 0 Å². The van der Waals surface area contributed by atoms with Crippen LogP contribution in [0.1, 0.15) is 6.42 Å². The van der Waals surface area contributed by atoms with E-state index in [4.69, 9.17) is 0 Å². The molecule has 70 valence electrons. The van der Waals surface area contributed by atoms with Gasteiger partial charge in [-0.2, -0.15) is 0 Å². The molecule has 1 fully saturated rings. The molecule has 0 aromatic heterocycles. The number of carbonyl (C=O) groups excluding carboxylic acids is 2. The summed E-state index contributed by atoms with van der Waals surface area (Å²) in [5.41, 5.74) is 0. The van der Waals surface area contributed by atoms with Gasteiger partial charge in [0.25, 0.3) is 0 Å². The van der Waals surface area contributed by atoms with E-state index in [-0.39, 0.29) is 29.8 Å². The van der Waals surface area contributed by atoms with Gasteiger partial charge in [0.05, 0.1) is 13.0 Å². The van der Waals surface area contributed by atoms with E-state index in [9.17, 15) is 9.59 Å². The number of carbonyl (C=O) groups is 2. The molecule has 1 heterocycles. The molecule has 0 saturated heterocycles. The Morgan fingerprint density at radius 3 is 3.08 bits per heavy atom. The van der Waals surface area contributed by atoms with E-state index in [1.807, 2.05) is 0 Å². The highest BCUT2D eigenvalue weighted by molar-refractivity contribution is 5.89. The number of hydrogen-bond acceptors (Lipinski definition) is 3. The molecule has 0 aromatic rings. The van der Waals surface area contributed by atoms with Crippen molar-refractivity contribution in [2.45, 2.75) is 12.5 Å². The largest absolute Gasteiger partial charge is 0.469 e. The molecule has 0 unspecified atom stereocenters. The van der Waals surface area contributed by atoms with Crippen molar-refractivity contribution in [3.05, 3.63) is 12.2 Å². The molecule has 13 heavy (non-hydrogen) atoms. The highest BCUT2D eigenvalue weighted by Gasteiger charge is 2.46. The molecule has 4 heteroatoms. The lowest BCUT2D eigenvalue weighted by molar-refractivity contribution is -0.152. The van der Waals surface area contributed by atoms with Crippen LogP contribution in [0.15, 0.2) is 12.2 Å². The summed E-state index contributed by atoms with van der Waals surface area (Å²) in [5.74, 6) is -0.163. The van der Waals surface area contributed by atoms with Gasteiger partial charge in [0, 0.05) is 12.0 Å². The van der Waals surface area contributed by atoms with Crippen LogP contribution in [-0.4, -0.2) is 25.0 Å². The Bertz CT molecular complexity index is 285. The number of nitrogens with one attached hydrogen (secondary N) is 1. The Kier molecular flexibility index (Phi) is 1.83. The van der Waals surface area contributed by atoms with E-state index < -0.39 is 0 Å². The van der Waals surface area contributed by atoms with Gasteiger partial charge in [-0.15, -0.1) is 0 Å². The van der Waals surface area contributed by atoms with E-state index in [1.54, 1.807) is 6.08 Å². The number of fused-ring (bicyclic) bond motifs is 1. The molecule has 2 aliphatic rings. The predicted molar refractivity (Wildman–Crippen MR) is 44.7 cm³/mol. The molecular weight excluding hydrogens is 170 g/mol. The smallest absolute Gasteiger partial charge is 0.309 e. The van der Waals surface area contributed by atoms with Gasteiger partial charge in [0.2, 0.25) is 5.91 Å². The van der Waals surface area contributed by atoms with Crippen molar-refractivity contribution in [3.63, 3.8) is 0 Å². The number of methoxy groups -OCH3 is 1. The van der Waals surface area contributed by atoms with Crippen molar-refractivity contribution in [1.82, 2.24) is 5.32 Å². The van der Waals surface area contributed by atoms with Crippen LogP contribution < -0.4 is 5.32 Å². The van der Waals surface area contributed by atoms with Gasteiger partial charge >= 0.3 is 5.97 Å². The second kappa shape index (κ2) is 2.87. The third kappa shape index (κ3) is 1.22. The Morgan fingerprint density at radius 2 is 2.46 bits per heavy atom. The van der Waals surface area contributed by atoms with Crippen molar-refractivity contribution < 1.29 is 14.3 Å². The third-order valence-corrected chi connectivity index (χ3v) is 2.74. The Hall–Kier alpha value is -1.32. The molecular formula is C9H11NO3. The monoisotopic (exact) mass is 181 g/mol. The average molecular weight is 181 g/mol. The number of amides is 1. The summed E-state index contributed by atoms with van der Waals surface area (Å²) in [6.07, 6.45) is 3.98. The Labute approximate surface area is 75.9 Å². The number of ether oxygens (including phenoxy) is 1. The van der Waals surface area contributed by atoms with Crippen LogP contribution in [0.4, 0.5) is 0 Å². The number of esters is 1. The standard InChI is InChI=1S/C9H11NO3/c1-13-9(12)6-4-7-5(6)2-3-8(11)10-7/h2-3,5-7H,4H2,1H3,(H,10,11)/t5-,6+,7+/m0/s1. The lowest BCUT2D eigenvalue weighted by Crippen LogP contribution is -2.56. The summed E-state index contributed by atoms with van der Waals surface area (Å²) in [7, 11) is 1.39. The van der Waals surface area contributed by atoms with Crippen molar-refractivity contribution >= 4 is 11.9 Å². The van der Waals surface area contributed by atoms with E-state index in [2.05, 4.69) is 10.1 Å². The van der Waals surface area contributed by atoms with Crippen LogP contribution >= 0.6 is 0 Å². The molecule has 0 radical (unpaired) electrons. The first kappa shape index (κ1) is 8.29. The van der Waals surface area contributed by atoms with Gasteiger partial charge in [-0.25, -0.2) is 0 Å². The van der Waals surface area contributed by atoms with Gasteiger partial charge in [0.1, 0.15) is 0 Å². The third-order valence-electron chi connectivity index (χ3n) is 2.74. The van der Waals surface area contributed by atoms with E-state index in [0.717, 1.165) is 0 Å². The fourth-order valence-corrected chi connectivity index (χ4v) is 1.93. The SMILES string of the molecule is COC(=O)[C@@H]1C[C@H]2NC(=O)C=C[C@H]21. The van der Waals surface area contributed by atoms with Crippen molar-refractivity contribution in [2.24, 2.45) is 11.8 Å². The topological polar surface area (TPSA) is 55.4 Å². The minimum atomic E-state index is -0.179. The van der Waals surface area contributed by atoms with E-state index in [0.29, 0.717) is 6.42 Å². The van der Waals surface area contributed by atoms with Gasteiger partial charge < -0.3 is 10.1 Å². The highest BCUT2D eigenvalue weighted by Crippen LogP contribution is 2.38. The summed E-state index contributed by atoms with van der Waals surface area (Å²) in [6, 6.07) is 0.140. The average Bonchev–Trinajstić information content (AvgIpc) is 2.09. The van der Waals surface area contributed by atoms with Gasteiger partial charge in [-0.3, -0.25) is 9.59 Å². The molecule has 0 spiro atoms. The van der Waals surface area contributed by atoms with E-state index >= 15 is 0 Å². The minimum absolute atomic E-state index is 0.0631. The normalized spacial score (nSPS) is 35.8. The molecule has 1 aliphatic carbocycles.